The highest BCUT2D eigenvalue weighted by atomic mass is 79.9. The molecule has 1 aromatic heterocycles. The van der Waals surface area contributed by atoms with Crippen LogP contribution in [0.25, 0.3) is 0 Å². The lowest BCUT2D eigenvalue weighted by Crippen LogP contribution is -2.29. The summed E-state index contributed by atoms with van der Waals surface area (Å²) in [6.45, 7) is 2.16. The molecular formula is C14H21BrN4O3. The fourth-order valence-corrected chi connectivity index (χ4v) is 2.66. The highest BCUT2D eigenvalue weighted by Gasteiger charge is 2.21. The molecular weight excluding hydrogens is 354 g/mol. The van der Waals surface area contributed by atoms with Gasteiger partial charge in [-0.15, -0.1) is 0 Å². The van der Waals surface area contributed by atoms with Gasteiger partial charge in [0.05, 0.1) is 18.9 Å². The maximum atomic E-state index is 11.4. The monoisotopic (exact) mass is 374 g/mol. The van der Waals surface area contributed by atoms with Gasteiger partial charge >= 0.3 is 5.97 Å². The van der Waals surface area contributed by atoms with Crippen LogP contribution in [0.15, 0.2) is 10.8 Å². The molecule has 22 heavy (non-hydrogen) atoms. The van der Waals surface area contributed by atoms with Crippen LogP contribution in [0.2, 0.25) is 0 Å². The van der Waals surface area contributed by atoms with E-state index in [1.165, 1.54) is 0 Å². The molecule has 1 saturated carbocycles. The van der Waals surface area contributed by atoms with Gasteiger partial charge in [0.2, 0.25) is 0 Å². The molecule has 1 aliphatic carbocycles. The summed E-state index contributed by atoms with van der Waals surface area (Å²) in [5.41, 5.74) is 0. The zero-order valence-electron chi connectivity index (χ0n) is 12.5. The Morgan fingerprint density at radius 2 is 2.14 bits per heavy atom. The predicted molar refractivity (Wildman–Crippen MR) is 86.7 cm³/mol. The number of carbonyl (C=O) groups is 1. The van der Waals surface area contributed by atoms with Crippen molar-refractivity contribution in [2.75, 3.05) is 23.8 Å². The SMILES string of the molecule is CCO[13C](=O)[13CH2]Nc1ncc(Br)nc1NC1CCC(O)CC1. The molecule has 2 rings (SSSR count). The van der Waals surface area contributed by atoms with E-state index in [1.54, 1.807) is 13.1 Å². The van der Waals surface area contributed by atoms with Gasteiger partial charge in [-0.3, -0.25) is 4.79 Å². The van der Waals surface area contributed by atoms with Crippen LogP contribution in [-0.4, -0.2) is 46.3 Å². The Morgan fingerprint density at radius 1 is 1.41 bits per heavy atom. The number of aliphatic hydroxyl groups excluding tert-OH is 1. The summed E-state index contributed by atoms with van der Waals surface area (Å²) in [4.78, 5) is 20.1. The van der Waals surface area contributed by atoms with Gasteiger partial charge in [0.15, 0.2) is 11.6 Å². The molecule has 1 aliphatic rings. The van der Waals surface area contributed by atoms with Crippen LogP contribution in [0.3, 0.4) is 0 Å². The van der Waals surface area contributed by atoms with Gasteiger partial charge in [0.25, 0.3) is 0 Å². The largest absolute Gasteiger partial charge is 0.465 e. The number of hydrogen-bond acceptors (Lipinski definition) is 7. The highest BCUT2D eigenvalue weighted by molar-refractivity contribution is 9.10. The summed E-state index contributed by atoms with van der Waals surface area (Å²) in [6.07, 6.45) is 4.70. The summed E-state index contributed by atoms with van der Waals surface area (Å²) in [6, 6.07) is 0.246. The van der Waals surface area contributed by atoms with Crippen LogP contribution in [0, 0.1) is 0 Å². The Labute approximate surface area is 138 Å². The highest BCUT2D eigenvalue weighted by Crippen LogP contribution is 2.25. The van der Waals surface area contributed by atoms with Crippen LogP contribution < -0.4 is 10.6 Å². The molecule has 0 amide bonds. The molecule has 8 heteroatoms. The number of nitrogens with zero attached hydrogens (tertiary/aromatic N) is 2. The number of hydrogen-bond donors (Lipinski definition) is 3. The summed E-state index contributed by atoms with van der Waals surface area (Å²) in [5, 5.41) is 15.8. The van der Waals surface area contributed by atoms with E-state index < -0.39 is 0 Å². The molecule has 0 radical (unpaired) electrons. The van der Waals surface area contributed by atoms with Gasteiger partial charge in [-0.05, 0) is 48.5 Å². The first-order valence-electron chi connectivity index (χ1n) is 7.45. The number of anilines is 2. The van der Waals surface area contributed by atoms with Crippen molar-refractivity contribution in [1.29, 1.82) is 0 Å². The molecule has 0 bridgehead atoms. The number of ether oxygens (including phenoxy) is 1. The van der Waals surface area contributed by atoms with E-state index in [1.807, 2.05) is 0 Å². The molecule has 1 aromatic rings. The number of aliphatic hydroxyl groups is 1. The Bertz CT molecular complexity index is 507. The van der Waals surface area contributed by atoms with E-state index in [0.29, 0.717) is 22.8 Å². The maximum absolute atomic E-state index is 11.4. The van der Waals surface area contributed by atoms with E-state index >= 15 is 0 Å². The summed E-state index contributed by atoms with van der Waals surface area (Å²) in [5.74, 6) is 0.779. The average Bonchev–Trinajstić information content (AvgIpc) is 2.49. The number of esters is 1. The minimum Gasteiger partial charge on any atom is -0.465 e. The van der Waals surface area contributed by atoms with Crippen molar-refractivity contribution in [1.82, 2.24) is 9.97 Å². The molecule has 122 valence electrons. The molecule has 7 nitrogen and oxygen atoms in total. The third-order valence-corrected chi connectivity index (χ3v) is 3.87. The summed E-state index contributed by atoms with van der Waals surface area (Å²) >= 11 is 3.30. The van der Waals surface area contributed by atoms with E-state index in [2.05, 4.69) is 36.5 Å². The van der Waals surface area contributed by atoms with Gasteiger partial charge in [0, 0.05) is 6.04 Å². The van der Waals surface area contributed by atoms with E-state index in [9.17, 15) is 9.90 Å². The minimum atomic E-state index is -0.334. The predicted octanol–water partition coefficient (Wildman–Crippen LogP) is 1.93. The first-order valence-corrected chi connectivity index (χ1v) is 8.24. The standard InChI is InChI=1S/C14H21BrN4O3/c1-2-22-12(21)8-17-13-14(19-11(15)7-16-13)18-9-3-5-10(20)6-4-9/h7,9-10,20H,2-6,8H2,1H3,(H,16,17)(H,18,19)/i8+1,12+1. The molecule has 0 aromatic carbocycles. The molecule has 3 N–H and O–H groups in total. The van der Waals surface area contributed by atoms with E-state index in [0.717, 1.165) is 25.7 Å². The first kappa shape index (κ1) is 17.0. The fraction of sp³-hybridized carbons (Fsp3) is 0.643. The van der Waals surface area contributed by atoms with Crippen molar-refractivity contribution in [2.45, 2.75) is 44.8 Å². The molecule has 0 atom stereocenters. The van der Waals surface area contributed by atoms with Crippen molar-refractivity contribution in [3.63, 3.8) is 0 Å². The number of halogens is 1. The molecule has 0 spiro atoms. The zero-order valence-corrected chi connectivity index (χ0v) is 14.1. The Morgan fingerprint density at radius 3 is 2.82 bits per heavy atom. The van der Waals surface area contributed by atoms with Crippen molar-refractivity contribution >= 4 is 33.5 Å². The molecule has 0 unspecified atom stereocenters. The van der Waals surface area contributed by atoms with Crippen LogP contribution in [0.5, 0.6) is 0 Å². The molecule has 1 heterocycles. The lowest BCUT2D eigenvalue weighted by atomic mass is 9.93. The van der Waals surface area contributed by atoms with Crippen molar-refractivity contribution < 1.29 is 14.6 Å². The van der Waals surface area contributed by atoms with Gasteiger partial charge in [-0.25, -0.2) is 9.97 Å². The van der Waals surface area contributed by atoms with Crippen LogP contribution in [-0.2, 0) is 9.53 Å². The number of rotatable bonds is 6. The maximum Gasteiger partial charge on any atom is 0.325 e. The van der Waals surface area contributed by atoms with Gasteiger partial charge in [-0.1, -0.05) is 0 Å². The number of carbonyl (C=O) groups excluding carboxylic acids is 1. The third kappa shape index (κ3) is 5.10. The lowest BCUT2D eigenvalue weighted by molar-refractivity contribution is -0.140. The first-order chi connectivity index (χ1) is 10.6. The van der Waals surface area contributed by atoms with E-state index in [4.69, 9.17) is 4.74 Å². The lowest BCUT2D eigenvalue weighted by Gasteiger charge is -2.27. The average molecular weight is 375 g/mol. The molecule has 1 fully saturated rings. The normalized spacial score (nSPS) is 21.2. The quantitative estimate of drug-likeness (QED) is 0.516. The smallest absolute Gasteiger partial charge is 0.325 e. The Hall–Kier alpha value is -1.41. The van der Waals surface area contributed by atoms with Crippen LogP contribution >= 0.6 is 15.9 Å². The topological polar surface area (TPSA) is 96.4 Å². The fourth-order valence-electron chi connectivity index (χ4n) is 2.38. The summed E-state index contributed by atoms with van der Waals surface area (Å²) < 4.78 is 5.50. The van der Waals surface area contributed by atoms with E-state index in [-0.39, 0.29) is 24.7 Å². The second-order valence-electron chi connectivity index (χ2n) is 5.20. The van der Waals surface area contributed by atoms with Crippen molar-refractivity contribution in [3.05, 3.63) is 10.8 Å². The van der Waals surface area contributed by atoms with Gasteiger partial charge in [0.1, 0.15) is 11.1 Å². The van der Waals surface area contributed by atoms with Gasteiger partial charge < -0.3 is 20.5 Å². The van der Waals surface area contributed by atoms with Crippen LogP contribution in [0.1, 0.15) is 32.6 Å². The molecule has 0 saturated heterocycles. The summed E-state index contributed by atoms with van der Waals surface area (Å²) in [7, 11) is 0. The van der Waals surface area contributed by atoms with Gasteiger partial charge in [-0.2, -0.15) is 0 Å². The second-order valence-corrected chi connectivity index (χ2v) is 6.01. The van der Waals surface area contributed by atoms with Crippen molar-refractivity contribution in [2.24, 2.45) is 0 Å². The van der Waals surface area contributed by atoms with Crippen molar-refractivity contribution in [3.8, 4) is 0 Å². The minimum absolute atomic E-state index is 0.0439. The number of nitrogens with one attached hydrogen (secondary N) is 2. The van der Waals surface area contributed by atoms with Crippen LogP contribution in [0.4, 0.5) is 11.6 Å². The second kappa shape index (κ2) is 8.28. The Balaban J connectivity index is 1.99. The molecule has 0 aliphatic heterocycles. The third-order valence-electron chi connectivity index (χ3n) is 3.49. The zero-order chi connectivity index (χ0) is 15.9. The Kier molecular flexibility index (Phi) is 6.38. The number of aromatic nitrogens is 2.